The number of carboxylic acids is 1. The number of aliphatic carboxylic acids is 1. The average Bonchev–Trinajstić information content (AvgIpc) is 3.33. The summed E-state index contributed by atoms with van der Waals surface area (Å²) in [6, 6.07) is 6.57. The number of likely N-dealkylation sites (tertiary alicyclic amines) is 1. The van der Waals surface area contributed by atoms with E-state index in [2.05, 4.69) is 17.4 Å². The molecule has 0 aliphatic carbocycles. The quantitative estimate of drug-likeness (QED) is 0.371. The molecular weight excluding hydrogens is 473 g/mol. The van der Waals surface area contributed by atoms with E-state index in [1.807, 2.05) is 18.7 Å². The number of unbranched alkanes of at least 4 members (excludes halogenated alkanes) is 2. The molecule has 202 valence electrons. The summed E-state index contributed by atoms with van der Waals surface area (Å²) >= 11 is 0. The third-order valence-electron chi connectivity index (χ3n) is 7.42. The summed E-state index contributed by atoms with van der Waals surface area (Å²) in [4.78, 5) is 18.9. The standard InChI is InChI=1S/C29H40FN3O4/c1-19(2)21-16-24(27(36-3)25(30)17-21)26(29(34)35)33-14-12-23(18-33)37-15-6-4-5-9-22-11-10-20-8-7-13-31-28(20)32-22/h10-11,16-17,19,23,26H,4-9,12-15,18H2,1-3H3,(H,31,32)(H,34,35)/t23-,26?/m1/s1. The van der Waals surface area contributed by atoms with Gasteiger partial charge in [-0.2, -0.15) is 0 Å². The van der Waals surface area contributed by atoms with Gasteiger partial charge in [0.05, 0.1) is 13.2 Å². The maximum Gasteiger partial charge on any atom is 0.325 e. The van der Waals surface area contributed by atoms with Crippen LogP contribution >= 0.6 is 0 Å². The van der Waals surface area contributed by atoms with Crippen LogP contribution in [0.3, 0.4) is 0 Å². The zero-order valence-corrected chi connectivity index (χ0v) is 22.3. The molecule has 1 aromatic heterocycles. The maximum atomic E-state index is 14.7. The van der Waals surface area contributed by atoms with Crippen LogP contribution in [0, 0.1) is 5.82 Å². The number of carbonyl (C=O) groups is 1. The van der Waals surface area contributed by atoms with Crippen molar-refractivity contribution in [2.45, 2.75) is 76.9 Å². The Hall–Kier alpha value is -2.71. The predicted octanol–water partition coefficient (Wildman–Crippen LogP) is 5.34. The van der Waals surface area contributed by atoms with E-state index in [-0.39, 0.29) is 17.8 Å². The molecule has 4 rings (SSSR count). The number of nitrogens with one attached hydrogen (secondary N) is 1. The second kappa shape index (κ2) is 12.7. The Morgan fingerprint density at radius 2 is 2.11 bits per heavy atom. The van der Waals surface area contributed by atoms with Gasteiger partial charge in [-0.05, 0) is 73.8 Å². The van der Waals surface area contributed by atoms with Crippen molar-refractivity contribution in [3.05, 3.63) is 52.5 Å². The summed E-state index contributed by atoms with van der Waals surface area (Å²) < 4.78 is 26.1. The van der Waals surface area contributed by atoms with Crippen LogP contribution in [-0.2, 0) is 22.4 Å². The fraction of sp³-hybridized carbons (Fsp3) is 0.586. The number of aryl methyl sites for hydroxylation is 2. The number of pyridine rings is 1. The van der Waals surface area contributed by atoms with E-state index >= 15 is 0 Å². The number of nitrogens with zero attached hydrogens (tertiary/aromatic N) is 2. The van der Waals surface area contributed by atoms with Crippen molar-refractivity contribution in [2.24, 2.45) is 0 Å². The Bertz CT molecular complexity index is 1080. The first-order chi connectivity index (χ1) is 17.9. The highest BCUT2D eigenvalue weighted by molar-refractivity contribution is 5.77. The minimum Gasteiger partial charge on any atom is -0.493 e. The lowest BCUT2D eigenvalue weighted by molar-refractivity contribution is -0.143. The van der Waals surface area contributed by atoms with Crippen LogP contribution in [0.25, 0.3) is 0 Å². The lowest BCUT2D eigenvalue weighted by Crippen LogP contribution is -2.34. The number of fused-ring (bicyclic) bond motifs is 1. The van der Waals surface area contributed by atoms with Gasteiger partial charge in [-0.3, -0.25) is 9.69 Å². The molecule has 2 N–H and O–H groups in total. The molecule has 2 atom stereocenters. The minimum atomic E-state index is -1.01. The Morgan fingerprint density at radius 3 is 2.86 bits per heavy atom. The van der Waals surface area contributed by atoms with Gasteiger partial charge in [0.25, 0.3) is 0 Å². The van der Waals surface area contributed by atoms with E-state index in [0.717, 1.165) is 62.1 Å². The largest absolute Gasteiger partial charge is 0.493 e. The molecule has 0 saturated carbocycles. The van der Waals surface area contributed by atoms with Gasteiger partial charge in [0.1, 0.15) is 11.9 Å². The van der Waals surface area contributed by atoms with Crippen molar-refractivity contribution >= 4 is 11.8 Å². The molecule has 0 amide bonds. The van der Waals surface area contributed by atoms with Crippen molar-refractivity contribution in [2.75, 3.05) is 38.7 Å². The highest BCUT2D eigenvalue weighted by Crippen LogP contribution is 2.37. The minimum absolute atomic E-state index is 0.00497. The number of aromatic nitrogens is 1. The van der Waals surface area contributed by atoms with Crippen molar-refractivity contribution < 1.29 is 23.8 Å². The molecular formula is C29H40FN3O4. The van der Waals surface area contributed by atoms with E-state index in [1.54, 1.807) is 6.07 Å². The van der Waals surface area contributed by atoms with Crippen LogP contribution in [-0.4, -0.2) is 60.4 Å². The predicted molar refractivity (Wildman–Crippen MR) is 142 cm³/mol. The Labute approximate surface area is 219 Å². The SMILES string of the molecule is COc1c(F)cc(C(C)C)cc1C(C(=O)O)N1CC[C@@H](OCCCCCc2ccc3c(n2)NCCC3)C1. The topological polar surface area (TPSA) is 83.9 Å². The molecule has 0 bridgehead atoms. The van der Waals surface area contributed by atoms with Crippen LogP contribution in [0.4, 0.5) is 10.2 Å². The van der Waals surface area contributed by atoms with E-state index in [4.69, 9.17) is 14.5 Å². The van der Waals surface area contributed by atoms with Gasteiger partial charge in [-0.25, -0.2) is 9.37 Å². The number of hydrogen-bond donors (Lipinski definition) is 2. The summed E-state index contributed by atoms with van der Waals surface area (Å²) in [5.74, 6) is -0.406. The maximum absolute atomic E-state index is 14.7. The first kappa shape index (κ1) is 27.3. The molecule has 1 fully saturated rings. The summed E-state index contributed by atoms with van der Waals surface area (Å²) in [5, 5.41) is 13.5. The average molecular weight is 514 g/mol. The van der Waals surface area contributed by atoms with E-state index in [1.165, 1.54) is 25.2 Å². The fourth-order valence-electron chi connectivity index (χ4n) is 5.34. The van der Waals surface area contributed by atoms with Crippen molar-refractivity contribution in [3.63, 3.8) is 0 Å². The Balaban J connectivity index is 1.25. The molecule has 8 heteroatoms. The van der Waals surface area contributed by atoms with Crippen LogP contribution in [0.2, 0.25) is 0 Å². The number of benzene rings is 1. The summed E-state index contributed by atoms with van der Waals surface area (Å²) in [5.41, 5.74) is 3.57. The second-order valence-corrected chi connectivity index (χ2v) is 10.4. The van der Waals surface area contributed by atoms with Gasteiger partial charge in [0.15, 0.2) is 11.6 Å². The zero-order valence-electron chi connectivity index (χ0n) is 22.3. The van der Waals surface area contributed by atoms with Gasteiger partial charge in [0.2, 0.25) is 0 Å². The molecule has 1 saturated heterocycles. The molecule has 7 nitrogen and oxygen atoms in total. The van der Waals surface area contributed by atoms with Crippen molar-refractivity contribution in [1.29, 1.82) is 0 Å². The first-order valence-electron chi connectivity index (χ1n) is 13.6. The molecule has 0 spiro atoms. The number of ether oxygens (including phenoxy) is 2. The van der Waals surface area contributed by atoms with Crippen molar-refractivity contribution in [3.8, 4) is 5.75 Å². The number of halogens is 1. The first-order valence-corrected chi connectivity index (χ1v) is 13.6. The molecule has 3 heterocycles. The van der Waals surface area contributed by atoms with Gasteiger partial charge in [-0.1, -0.05) is 26.3 Å². The Morgan fingerprint density at radius 1 is 1.27 bits per heavy atom. The second-order valence-electron chi connectivity index (χ2n) is 10.4. The van der Waals surface area contributed by atoms with Gasteiger partial charge >= 0.3 is 5.97 Å². The summed E-state index contributed by atoms with van der Waals surface area (Å²) in [6.07, 6.45) is 7.03. The summed E-state index contributed by atoms with van der Waals surface area (Å²) in [6.45, 7) is 6.65. The number of anilines is 1. The third-order valence-corrected chi connectivity index (χ3v) is 7.42. The summed E-state index contributed by atoms with van der Waals surface area (Å²) in [7, 11) is 1.38. The van der Waals surface area contributed by atoms with Crippen LogP contribution in [0.15, 0.2) is 24.3 Å². The molecule has 1 unspecified atom stereocenters. The number of methoxy groups -OCH3 is 1. The molecule has 1 aromatic carbocycles. The molecule has 2 aromatic rings. The van der Waals surface area contributed by atoms with E-state index in [9.17, 15) is 14.3 Å². The normalized spacial score (nSPS) is 18.5. The fourth-order valence-corrected chi connectivity index (χ4v) is 5.34. The monoisotopic (exact) mass is 513 g/mol. The van der Waals surface area contributed by atoms with Gasteiger partial charge in [0, 0.05) is 37.5 Å². The number of rotatable bonds is 12. The molecule has 37 heavy (non-hydrogen) atoms. The lowest BCUT2D eigenvalue weighted by atomic mass is 9.95. The van der Waals surface area contributed by atoms with Gasteiger partial charge in [-0.15, -0.1) is 0 Å². The molecule has 2 aliphatic rings. The van der Waals surface area contributed by atoms with E-state index < -0.39 is 17.8 Å². The number of hydrogen-bond acceptors (Lipinski definition) is 6. The molecule has 2 aliphatic heterocycles. The highest BCUT2D eigenvalue weighted by atomic mass is 19.1. The highest BCUT2D eigenvalue weighted by Gasteiger charge is 2.36. The third kappa shape index (κ3) is 6.79. The zero-order chi connectivity index (χ0) is 26.4. The van der Waals surface area contributed by atoms with Gasteiger partial charge < -0.3 is 19.9 Å². The van der Waals surface area contributed by atoms with Crippen LogP contribution in [0.5, 0.6) is 5.75 Å². The van der Waals surface area contributed by atoms with Crippen molar-refractivity contribution in [1.82, 2.24) is 9.88 Å². The van der Waals surface area contributed by atoms with Crippen LogP contribution in [0.1, 0.15) is 80.3 Å². The lowest BCUT2D eigenvalue weighted by Gasteiger charge is -2.27. The molecule has 0 radical (unpaired) electrons. The number of carboxylic acid groups (broad SMARTS) is 1. The van der Waals surface area contributed by atoms with E-state index in [0.29, 0.717) is 25.3 Å². The Kier molecular flexibility index (Phi) is 9.38. The smallest absolute Gasteiger partial charge is 0.325 e. The van der Waals surface area contributed by atoms with Crippen LogP contribution < -0.4 is 10.1 Å².